The van der Waals surface area contributed by atoms with Gasteiger partial charge in [-0.3, -0.25) is 4.79 Å². The Hall–Kier alpha value is -0.330. The third-order valence-electron chi connectivity index (χ3n) is 2.46. The quantitative estimate of drug-likeness (QED) is 0.651. The van der Waals surface area contributed by atoms with Crippen LogP contribution in [0.15, 0.2) is 0 Å². The van der Waals surface area contributed by atoms with Crippen molar-refractivity contribution in [2.45, 2.75) is 6.92 Å². The van der Waals surface area contributed by atoms with Gasteiger partial charge in [0.15, 0.2) is 0 Å². The highest BCUT2D eigenvalue weighted by atomic mass is 35.5. The van der Waals surface area contributed by atoms with Gasteiger partial charge >= 0.3 is 0 Å². The number of halogens is 1. The van der Waals surface area contributed by atoms with Gasteiger partial charge in [-0.15, -0.1) is 11.6 Å². The molecule has 0 bridgehead atoms. The van der Waals surface area contributed by atoms with Crippen LogP contribution in [-0.4, -0.2) is 61.3 Å². The molecule has 0 aromatic carbocycles. The van der Waals surface area contributed by atoms with Crippen LogP contribution in [0.3, 0.4) is 0 Å². The van der Waals surface area contributed by atoms with Crippen LogP contribution in [-0.2, 0) is 14.8 Å². The van der Waals surface area contributed by atoms with Gasteiger partial charge in [-0.2, -0.15) is 4.31 Å². The third-order valence-corrected chi connectivity index (χ3v) is 4.57. The van der Waals surface area contributed by atoms with Gasteiger partial charge in [-0.05, 0) is 6.92 Å². The first kappa shape index (κ1) is 12.7. The standard InChI is InChI=1S/C8H15ClN2O3S/c1-2-15(13,14)11-5-3-10(4-6-11)8(12)7-9/h2-7H2,1H3. The van der Waals surface area contributed by atoms with Gasteiger partial charge < -0.3 is 4.90 Å². The van der Waals surface area contributed by atoms with Crippen molar-refractivity contribution in [1.29, 1.82) is 0 Å². The first-order chi connectivity index (χ1) is 7.01. The molecule has 0 atom stereocenters. The second kappa shape index (κ2) is 5.14. The van der Waals surface area contributed by atoms with Crippen LogP contribution in [0, 0.1) is 0 Å². The van der Waals surface area contributed by atoms with Crippen molar-refractivity contribution >= 4 is 27.5 Å². The summed E-state index contributed by atoms with van der Waals surface area (Å²) in [4.78, 5) is 12.8. The number of piperazine rings is 1. The van der Waals surface area contributed by atoms with E-state index in [9.17, 15) is 13.2 Å². The van der Waals surface area contributed by atoms with Gasteiger partial charge in [-0.25, -0.2) is 8.42 Å². The minimum Gasteiger partial charge on any atom is -0.339 e. The summed E-state index contributed by atoms with van der Waals surface area (Å²) in [7, 11) is -3.11. The molecule has 7 heteroatoms. The van der Waals surface area contributed by atoms with Crippen LogP contribution < -0.4 is 0 Å². The Morgan fingerprint density at radius 1 is 1.27 bits per heavy atom. The lowest BCUT2D eigenvalue weighted by Crippen LogP contribution is -2.51. The number of hydrogen-bond donors (Lipinski definition) is 0. The molecule has 1 saturated heterocycles. The molecule has 0 aromatic rings. The Morgan fingerprint density at radius 2 is 1.80 bits per heavy atom. The molecule has 0 saturated carbocycles. The van der Waals surface area contributed by atoms with Crippen molar-refractivity contribution in [3.05, 3.63) is 0 Å². The van der Waals surface area contributed by atoms with Crippen molar-refractivity contribution in [3.63, 3.8) is 0 Å². The zero-order chi connectivity index (χ0) is 11.5. The maximum absolute atomic E-state index is 11.5. The van der Waals surface area contributed by atoms with Crippen LogP contribution in [0.25, 0.3) is 0 Å². The van der Waals surface area contributed by atoms with E-state index in [-0.39, 0.29) is 17.5 Å². The first-order valence-electron chi connectivity index (χ1n) is 4.83. The summed E-state index contributed by atoms with van der Waals surface area (Å²) < 4.78 is 24.4. The molecular weight excluding hydrogens is 240 g/mol. The summed E-state index contributed by atoms with van der Waals surface area (Å²) in [6.45, 7) is 3.23. The summed E-state index contributed by atoms with van der Waals surface area (Å²) in [5, 5.41) is 0. The predicted molar refractivity (Wildman–Crippen MR) is 58.3 cm³/mol. The molecule has 1 amide bonds. The average molecular weight is 255 g/mol. The first-order valence-corrected chi connectivity index (χ1v) is 6.97. The number of amides is 1. The summed E-state index contributed by atoms with van der Waals surface area (Å²) in [5.74, 6) is -0.0676. The highest BCUT2D eigenvalue weighted by molar-refractivity contribution is 7.89. The van der Waals surface area contributed by atoms with Crippen molar-refractivity contribution in [3.8, 4) is 0 Å². The molecule has 1 aliphatic heterocycles. The Balaban J connectivity index is 2.53. The van der Waals surface area contributed by atoms with E-state index in [0.29, 0.717) is 26.2 Å². The minimum atomic E-state index is -3.11. The highest BCUT2D eigenvalue weighted by Gasteiger charge is 2.26. The van der Waals surface area contributed by atoms with E-state index in [1.54, 1.807) is 11.8 Å². The smallest absolute Gasteiger partial charge is 0.237 e. The fourth-order valence-electron chi connectivity index (χ4n) is 1.48. The normalized spacial score (nSPS) is 19.2. The molecule has 1 rings (SSSR count). The van der Waals surface area contributed by atoms with Gasteiger partial charge in [-0.1, -0.05) is 0 Å². The number of carbonyl (C=O) groups excluding carboxylic acids is 1. The SMILES string of the molecule is CCS(=O)(=O)N1CCN(C(=O)CCl)CC1. The van der Waals surface area contributed by atoms with E-state index < -0.39 is 10.0 Å². The van der Waals surface area contributed by atoms with E-state index in [2.05, 4.69) is 0 Å². The maximum Gasteiger partial charge on any atom is 0.237 e. The number of sulfonamides is 1. The Bertz CT molecular complexity index is 323. The number of alkyl halides is 1. The van der Waals surface area contributed by atoms with Gasteiger partial charge in [0.1, 0.15) is 5.88 Å². The summed E-state index contributed by atoms with van der Waals surface area (Å²) in [6.07, 6.45) is 0. The lowest BCUT2D eigenvalue weighted by Gasteiger charge is -2.33. The second-order valence-electron chi connectivity index (χ2n) is 3.31. The summed E-state index contributed by atoms with van der Waals surface area (Å²) in [5.41, 5.74) is 0. The van der Waals surface area contributed by atoms with Crippen LogP contribution in [0.5, 0.6) is 0 Å². The number of nitrogens with zero attached hydrogens (tertiary/aromatic N) is 2. The average Bonchev–Trinajstić information content (AvgIpc) is 2.28. The molecule has 88 valence electrons. The van der Waals surface area contributed by atoms with E-state index >= 15 is 0 Å². The third kappa shape index (κ3) is 3.06. The molecule has 1 fully saturated rings. The molecule has 0 spiro atoms. The minimum absolute atomic E-state index is 0.0411. The maximum atomic E-state index is 11.5. The molecular formula is C8H15ClN2O3S. The zero-order valence-corrected chi connectivity index (χ0v) is 10.2. The lowest BCUT2D eigenvalue weighted by atomic mass is 10.3. The zero-order valence-electron chi connectivity index (χ0n) is 8.65. The summed E-state index contributed by atoms with van der Waals surface area (Å²) in [6, 6.07) is 0. The molecule has 0 aromatic heterocycles. The van der Waals surface area contributed by atoms with Crippen LogP contribution in [0.4, 0.5) is 0 Å². The fourth-order valence-corrected chi connectivity index (χ4v) is 2.74. The molecule has 0 aliphatic carbocycles. The molecule has 0 unspecified atom stereocenters. The largest absolute Gasteiger partial charge is 0.339 e. The molecule has 0 N–H and O–H groups in total. The monoisotopic (exact) mass is 254 g/mol. The van der Waals surface area contributed by atoms with Gasteiger partial charge in [0.05, 0.1) is 5.75 Å². The highest BCUT2D eigenvalue weighted by Crippen LogP contribution is 2.08. The van der Waals surface area contributed by atoms with Crippen LogP contribution >= 0.6 is 11.6 Å². The van der Waals surface area contributed by atoms with Crippen molar-refractivity contribution in [2.75, 3.05) is 37.8 Å². The van der Waals surface area contributed by atoms with Crippen LogP contribution in [0.2, 0.25) is 0 Å². The van der Waals surface area contributed by atoms with Crippen molar-refractivity contribution in [2.24, 2.45) is 0 Å². The van der Waals surface area contributed by atoms with Gasteiger partial charge in [0.2, 0.25) is 15.9 Å². The molecule has 1 aliphatic rings. The number of carbonyl (C=O) groups is 1. The van der Waals surface area contributed by atoms with E-state index in [4.69, 9.17) is 11.6 Å². The Morgan fingerprint density at radius 3 is 2.20 bits per heavy atom. The van der Waals surface area contributed by atoms with Crippen LogP contribution in [0.1, 0.15) is 6.92 Å². The molecule has 5 nitrogen and oxygen atoms in total. The van der Waals surface area contributed by atoms with Crippen molar-refractivity contribution in [1.82, 2.24) is 9.21 Å². The predicted octanol–water partition coefficient (Wildman–Crippen LogP) is -0.281. The van der Waals surface area contributed by atoms with Gasteiger partial charge in [0.25, 0.3) is 0 Å². The molecule has 0 radical (unpaired) electrons. The fraction of sp³-hybridized carbons (Fsp3) is 0.875. The Kier molecular flexibility index (Phi) is 4.36. The lowest BCUT2D eigenvalue weighted by molar-refractivity contribution is -0.129. The Labute approximate surface area is 95.0 Å². The summed E-state index contributed by atoms with van der Waals surface area (Å²) >= 11 is 5.42. The second-order valence-corrected chi connectivity index (χ2v) is 5.84. The topological polar surface area (TPSA) is 57.7 Å². The number of hydrogen-bond acceptors (Lipinski definition) is 3. The molecule has 15 heavy (non-hydrogen) atoms. The number of rotatable bonds is 3. The molecule has 1 heterocycles. The van der Waals surface area contributed by atoms with E-state index in [1.807, 2.05) is 0 Å². The van der Waals surface area contributed by atoms with Crippen molar-refractivity contribution < 1.29 is 13.2 Å². The van der Waals surface area contributed by atoms with Gasteiger partial charge in [0, 0.05) is 26.2 Å². The van der Waals surface area contributed by atoms with E-state index in [1.165, 1.54) is 4.31 Å². The van der Waals surface area contributed by atoms with E-state index in [0.717, 1.165) is 0 Å².